The molecular weight excluding hydrogens is 206 g/mol. The molecule has 0 radical (unpaired) electrons. The Kier molecular flexibility index (Phi) is 7.25. The predicted octanol–water partition coefficient (Wildman–Crippen LogP) is 1.82. The van der Waals surface area contributed by atoms with Crippen molar-refractivity contribution in [3.05, 3.63) is 12.7 Å². The second kappa shape index (κ2) is 7.91. The Morgan fingerprint density at radius 1 is 1.38 bits per heavy atom. The van der Waals surface area contributed by atoms with Crippen LogP contribution < -0.4 is 5.32 Å². The predicted molar refractivity (Wildman–Crippen MR) is 63.0 cm³/mol. The van der Waals surface area contributed by atoms with E-state index in [1.165, 1.54) is 6.08 Å². The van der Waals surface area contributed by atoms with Crippen LogP contribution in [0.2, 0.25) is 0 Å². The lowest BCUT2D eigenvalue weighted by molar-refractivity contribution is -0.137. The molecule has 4 heteroatoms. The van der Waals surface area contributed by atoms with Gasteiger partial charge >= 0.3 is 5.97 Å². The first kappa shape index (κ1) is 14.7. The van der Waals surface area contributed by atoms with Gasteiger partial charge in [0.25, 0.3) is 0 Å². The Morgan fingerprint density at radius 3 is 2.44 bits per heavy atom. The topological polar surface area (TPSA) is 66.4 Å². The smallest absolute Gasteiger partial charge is 0.303 e. The molecule has 0 aromatic heterocycles. The van der Waals surface area contributed by atoms with Crippen molar-refractivity contribution in [3.63, 3.8) is 0 Å². The van der Waals surface area contributed by atoms with Crippen LogP contribution in [-0.4, -0.2) is 23.5 Å². The first-order valence-corrected chi connectivity index (χ1v) is 5.59. The van der Waals surface area contributed by atoms with E-state index in [0.29, 0.717) is 24.8 Å². The van der Waals surface area contributed by atoms with Crippen molar-refractivity contribution in [2.75, 3.05) is 6.54 Å². The van der Waals surface area contributed by atoms with Crippen molar-refractivity contribution in [2.24, 2.45) is 11.8 Å². The average molecular weight is 227 g/mol. The molecule has 1 unspecified atom stereocenters. The van der Waals surface area contributed by atoms with Gasteiger partial charge in [0.15, 0.2) is 0 Å². The molecule has 1 atom stereocenters. The van der Waals surface area contributed by atoms with Crippen molar-refractivity contribution in [1.82, 2.24) is 5.32 Å². The van der Waals surface area contributed by atoms with Crippen LogP contribution in [0.4, 0.5) is 0 Å². The van der Waals surface area contributed by atoms with Gasteiger partial charge in [-0.15, -0.1) is 0 Å². The van der Waals surface area contributed by atoms with Crippen LogP contribution in [0.15, 0.2) is 12.7 Å². The fraction of sp³-hybridized carbons (Fsp3) is 0.667. The number of amides is 1. The Hall–Kier alpha value is -1.32. The van der Waals surface area contributed by atoms with Gasteiger partial charge in [-0.3, -0.25) is 9.59 Å². The minimum atomic E-state index is -0.763. The third-order valence-electron chi connectivity index (χ3n) is 2.67. The zero-order valence-electron chi connectivity index (χ0n) is 10.0. The van der Waals surface area contributed by atoms with Gasteiger partial charge in [-0.1, -0.05) is 20.4 Å². The fourth-order valence-corrected chi connectivity index (χ4v) is 1.57. The highest BCUT2D eigenvalue weighted by atomic mass is 16.4. The third-order valence-corrected chi connectivity index (χ3v) is 2.67. The van der Waals surface area contributed by atoms with E-state index in [0.717, 1.165) is 6.42 Å². The highest BCUT2D eigenvalue weighted by Gasteiger charge is 2.14. The summed E-state index contributed by atoms with van der Waals surface area (Å²) in [5.41, 5.74) is 0. The number of hydrogen-bond acceptors (Lipinski definition) is 2. The van der Waals surface area contributed by atoms with Gasteiger partial charge in [-0.2, -0.15) is 0 Å². The van der Waals surface area contributed by atoms with E-state index < -0.39 is 5.97 Å². The molecule has 0 aromatic rings. The van der Waals surface area contributed by atoms with Crippen LogP contribution in [-0.2, 0) is 9.59 Å². The normalized spacial score (nSPS) is 12.2. The molecule has 0 aliphatic carbocycles. The fourth-order valence-electron chi connectivity index (χ4n) is 1.57. The molecule has 0 aromatic carbocycles. The van der Waals surface area contributed by atoms with Gasteiger partial charge in [-0.05, 0) is 30.8 Å². The maximum absolute atomic E-state index is 10.9. The lowest BCUT2D eigenvalue weighted by atomic mass is 9.88. The first-order chi connectivity index (χ1) is 7.47. The zero-order valence-corrected chi connectivity index (χ0v) is 10.0. The van der Waals surface area contributed by atoms with Gasteiger partial charge in [0.05, 0.1) is 0 Å². The van der Waals surface area contributed by atoms with Gasteiger partial charge in [-0.25, -0.2) is 0 Å². The molecule has 0 bridgehead atoms. The quantitative estimate of drug-likeness (QED) is 0.621. The van der Waals surface area contributed by atoms with Crippen LogP contribution in [0.1, 0.15) is 33.1 Å². The summed E-state index contributed by atoms with van der Waals surface area (Å²) < 4.78 is 0. The molecule has 16 heavy (non-hydrogen) atoms. The summed E-state index contributed by atoms with van der Waals surface area (Å²) in [5, 5.41) is 11.3. The van der Waals surface area contributed by atoms with Gasteiger partial charge in [0, 0.05) is 13.0 Å². The number of carbonyl (C=O) groups excluding carboxylic acids is 1. The Morgan fingerprint density at radius 2 is 2.00 bits per heavy atom. The molecule has 0 saturated heterocycles. The summed E-state index contributed by atoms with van der Waals surface area (Å²) in [4.78, 5) is 21.4. The number of carbonyl (C=O) groups is 2. The van der Waals surface area contributed by atoms with Crippen LogP contribution in [0.3, 0.4) is 0 Å². The Balaban J connectivity index is 3.89. The van der Waals surface area contributed by atoms with Crippen molar-refractivity contribution in [1.29, 1.82) is 0 Å². The van der Waals surface area contributed by atoms with Crippen LogP contribution in [0, 0.1) is 11.8 Å². The largest absolute Gasteiger partial charge is 0.481 e. The highest BCUT2D eigenvalue weighted by molar-refractivity contribution is 5.86. The first-order valence-electron chi connectivity index (χ1n) is 5.59. The summed E-state index contributed by atoms with van der Waals surface area (Å²) in [6.07, 6.45) is 2.90. The molecule has 0 rings (SSSR count). The maximum Gasteiger partial charge on any atom is 0.303 e. The van der Waals surface area contributed by atoms with E-state index in [-0.39, 0.29) is 12.3 Å². The number of carboxylic acid groups (broad SMARTS) is 1. The van der Waals surface area contributed by atoms with E-state index in [2.05, 4.69) is 25.7 Å². The number of rotatable bonds is 8. The minimum Gasteiger partial charge on any atom is -0.481 e. The number of hydrogen-bond donors (Lipinski definition) is 2. The Labute approximate surface area is 96.7 Å². The van der Waals surface area contributed by atoms with E-state index in [4.69, 9.17) is 5.11 Å². The molecule has 0 saturated carbocycles. The van der Waals surface area contributed by atoms with Gasteiger partial charge in [0.1, 0.15) is 0 Å². The number of aliphatic carboxylic acids is 1. The van der Waals surface area contributed by atoms with Crippen LogP contribution in [0.25, 0.3) is 0 Å². The van der Waals surface area contributed by atoms with E-state index in [1.54, 1.807) is 0 Å². The molecule has 2 N–H and O–H groups in total. The molecule has 0 aliphatic heterocycles. The molecule has 0 fully saturated rings. The minimum absolute atomic E-state index is 0.180. The lowest BCUT2D eigenvalue weighted by Crippen LogP contribution is -2.25. The summed E-state index contributed by atoms with van der Waals surface area (Å²) >= 11 is 0. The van der Waals surface area contributed by atoms with Crippen LogP contribution in [0.5, 0.6) is 0 Å². The third kappa shape index (κ3) is 7.04. The second-order valence-corrected chi connectivity index (χ2v) is 4.22. The molecule has 0 heterocycles. The second-order valence-electron chi connectivity index (χ2n) is 4.22. The van der Waals surface area contributed by atoms with Crippen molar-refractivity contribution in [2.45, 2.75) is 33.1 Å². The molecule has 4 nitrogen and oxygen atoms in total. The van der Waals surface area contributed by atoms with Crippen molar-refractivity contribution >= 4 is 11.9 Å². The molecular formula is C12H21NO3. The lowest BCUT2D eigenvalue weighted by Gasteiger charge is -2.19. The summed E-state index contributed by atoms with van der Waals surface area (Å²) in [7, 11) is 0. The highest BCUT2D eigenvalue weighted by Crippen LogP contribution is 2.20. The average Bonchev–Trinajstić information content (AvgIpc) is 2.21. The van der Waals surface area contributed by atoms with Crippen molar-refractivity contribution in [3.8, 4) is 0 Å². The maximum atomic E-state index is 10.9. The van der Waals surface area contributed by atoms with Crippen molar-refractivity contribution < 1.29 is 14.7 Å². The summed E-state index contributed by atoms with van der Waals surface area (Å²) in [6.45, 7) is 8.08. The van der Waals surface area contributed by atoms with Crippen LogP contribution >= 0.6 is 0 Å². The Bertz CT molecular complexity index is 249. The SMILES string of the molecule is C=CC(=O)NCCC(CCC(=O)O)C(C)C. The number of carboxylic acids is 1. The van der Waals surface area contributed by atoms with E-state index >= 15 is 0 Å². The summed E-state index contributed by atoms with van der Waals surface area (Å²) in [5.74, 6) is -0.178. The number of nitrogens with one attached hydrogen (secondary N) is 1. The summed E-state index contributed by atoms with van der Waals surface area (Å²) in [6, 6.07) is 0. The molecule has 0 spiro atoms. The van der Waals surface area contributed by atoms with E-state index in [9.17, 15) is 9.59 Å². The molecule has 1 amide bonds. The zero-order chi connectivity index (χ0) is 12.6. The standard InChI is InChI=1S/C12H21NO3/c1-4-11(14)13-8-7-10(9(2)3)5-6-12(15)16/h4,9-10H,1,5-8H2,2-3H3,(H,13,14)(H,15,16). The van der Waals surface area contributed by atoms with Gasteiger partial charge < -0.3 is 10.4 Å². The molecule has 0 aliphatic rings. The van der Waals surface area contributed by atoms with E-state index in [1.807, 2.05) is 0 Å². The monoisotopic (exact) mass is 227 g/mol. The molecule has 92 valence electrons. The van der Waals surface area contributed by atoms with Gasteiger partial charge in [0.2, 0.25) is 5.91 Å².